The van der Waals surface area contributed by atoms with Crippen molar-refractivity contribution in [2.45, 2.75) is 13.8 Å². The first-order valence-electron chi connectivity index (χ1n) is 8.62. The van der Waals surface area contributed by atoms with Crippen molar-refractivity contribution >= 4 is 18.0 Å². The Balaban J connectivity index is 2.21. The molecule has 7 heteroatoms. The molecule has 1 aromatic carbocycles. The van der Waals surface area contributed by atoms with Crippen LogP contribution in [0, 0.1) is 13.8 Å². The summed E-state index contributed by atoms with van der Waals surface area (Å²) >= 11 is 0. The molecule has 144 valence electrons. The lowest BCUT2D eigenvalue weighted by Crippen LogP contribution is -2.37. The zero-order valence-electron chi connectivity index (χ0n) is 16.1. The molecule has 0 radical (unpaired) electrons. The van der Waals surface area contributed by atoms with Gasteiger partial charge in [0.2, 0.25) is 5.91 Å². The third-order valence-electron chi connectivity index (χ3n) is 4.17. The second-order valence-electron chi connectivity index (χ2n) is 5.99. The summed E-state index contributed by atoms with van der Waals surface area (Å²) in [5, 5.41) is 4.56. The van der Waals surface area contributed by atoms with E-state index in [2.05, 4.69) is 9.84 Å². The van der Waals surface area contributed by atoms with Crippen LogP contribution in [0.5, 0.6) is 0 Å². The number of carbonyl (C=O) groups is 2. The number of para-hydroxylation sites is 1. The maximum Gasteiger partial charge on any atom is 0.325 e. The number of aromatic nitrogens is 2. The van der Waals surface area contributed by atoms with Crippen molar-refractivity contribution in [3.05, 3.63) is 53.4 Å². The molecule has 0 saturated heterocycles. The Labute approximate surface area is 159 Å². The number of methoxy groups -OCH3 is 2. The fourth-order valence-electron chi connectivity index (χ4n) is 2.67. The zero-order chi connectivity index (χ0) is 19.8. The molecule has 0 saturated carbocycles. The number of carbonyl (C=O) groups excluding carboxylic acids is 2. The van der Waals surface area contributed by atoms with E-state index in [4.69, 9.17) is 4.74 Å². The van der Waals surface area contributed by atoms with Gasteiger partial charge in [-0.05, 0) is 32.1 Å². The van der Waals surface area contributed by atoms with Crippen molar-refractivity contribution in [1.82, 2.24) is 14.7 Å². The second kappa shape index (κ2) is 9.68. The van der Waals surface area contributed by atoms with E-state index in [1.165, 1.54) is 18.1 Å². The second-order valence-corrected chi connectivity index (χ2v) is 5.99. The van der Waals surface area contributed by atoms with E-state index in [0.717, 1.165) is 22.6 Å². The molecule has 0 atom stereocenters. The molecule has 1 heterocycles. The van der Waals surface area contributed by atoms with Crippen LogP contribution in [0.4, 0.5) is 0 Å². The van der Waals surface area contributed by atoms with Gasteiger partial charge in [-0.1, -0.05) is 18.2 Å². The molecule has 2 aromatic rings. The van der Waals surface area contributed by atoms with Gasteiger partial charge in [0.25, 0.3) is 0 Å². The third kappa shape index (κ3) is 5.27. The van der Waals surface area contributed by atoms with Gasteiger partial charge in [0, 0.05) is 31.0 Å². The van der Waals surface area contributed by atoms with Crippen LogP contribution >= 0.6 is 0 Å². The Bertz CT molecular complexity index is 812. The lowest BCUT2D eigenvalue weighted by molar-refractivity contribution is -0.145. The number of benzene rings is 1. The number of hydrogen-bond acceptors (Lipinski definition) is 5. The van der Waals surface area contributed by atoms with Crippen molar-refractivity contribution in [3.63, 3.8) is 0 Å². The molecule has 2 rings (SSSR count). The zero-order valence-corrected chi connectivity index (χ0v) is 16.1. The van der Waals surface area contributed by atoms with Crippen LogP contribution in [0.25, 0.3) is 11.8 Å². The smallest absolute Gasteiger partial charge is 0.325 e. The average Bonchev–Trinajstić information content (AvgIpc) is 2.97. The average molecular weight is 371 g/mol. The predicted octanol–water partition coefficient (Wildman–Crippen LogP) is 2.15. The first kappa shape index (κ1) is 20.4. The van der Waals surface area contributed by atoms with E-state index in [1.807, 2.05) is 48.9 Å². The lowest BCUT2D eigenvalue weighted by Gasteiger charge is -2.19. The third-order valence-corrected chi connectivity index (χ3v) is 4.17. The fourth-order valence-corrected chi connectivity index (χ4v) is 2.67. The van der Waals surface area contributed by atoms with Gasteiger partial charge >= 0.3 is 5.97 Å². The number of nitrogens with zero attached hydrogens (tertiary/aromatic N) is 3. The summed E-state index contributed by atoms with van der Waals surface area (Å²) in [5.74, 6) is -0.763. The van der Waals surface area contributed by atoms with Crippen LogP contribution in [0.3, 0.4) is 0 Å². The molecule has 0 aliphatic carbocycles. The molecule has 0 bridgehead atoms. The van der Waals surface area contributed by atoms with Crippen molar-refractivity contribution in [2.24, 2.45) is 0 Å². The maximum atomic E-state index is 12.5. The normalized spacial score (nSPS) is 11.0. The Morgan fingerprint density at radius 3 is 2.52 bits per heavy atom. The first-order chi connectivity index (χ1) is 13.0. The van der Waals surface area contributed by atoms with Gasteiger partial charge in [0.05, 0.1) is 25.1 Å². The number of hydrogen-bond donors (Lipinski definition) is 0. The van der Waals surface area contributed by atoms with Gasteiger partial charge in [-0.25, -0.2) is 4.68 Å². The lowest BCUT2D eigenvalue weighted by atomic mass is 10.1. The molecular formula is C20H25N3O4. The van der Waals surface area contributed by atoms with Crippen molar-refractivity contribution in [3.8, 4) is 5.69 Å². The minimum atomic E-state index is -0.475. The fraction of sp³-hybridized carbons (Fsp3) is 0.350. The van der Waals surface area contributed by atoms with E-state index < -0.39 is 5.97 Å². The molecule has 0 aliphatic heterocycles. The van der Waals surface area contributed by atoms with Gasteiger partial charge < -0.3 is 14.4 Å². The van der Waals surface area contributed by atoms with Crippen molar-refractivity contribution < 1.29 is 19.1 Å². The Hall–Kier alpha value is -2.93. The first-order valence-corrected chi connectivity index (χ1v) is 8.62. The van der Waals surface area contributed by atoms with Crippen molar-refractivity contribution in [2.75, 3.05) is 33.9 Å². The molecule has 0 fully saturated rings. The highest BCUT2D eigenvalue weighted by molar-refractivity contribution is 5.94. The van der Waals surface area contributed by atoms with E-state index >= 15 is 0 Å². The molecule has 1 aromatic heterocycles. The Morgan fingerprint density at radius 2 is 1.89 bits per heavy atom. The molecule has 0 N–H and O–H groups in total. The Morgan fingerprint density at radius 1 is 1.19 bits per heavy atom. The number of ether oxygens (including phenoxy) is 2. The number of rotatable bonds is 8. The van der Waals surface area contributed by atoms with Crippen LogP contribution in [0.15, 0.2) is 36.4 Å². The summed E-state index contributed by atoms with van der Waals surface area (Å²) in [7, 11) is 2.84. The van der Waals surface area contributed by atoms with Gasteiger partial charge in [-0.3, -0.25) is 9.59 Å². The molecule has 27 heavy (non-hydrogen) atoms. The van der Waals surface area contributed by atoms with E-state index in [-0.39, 0.29) is 12.5 Å². The monoisotopic (exact) mass is 371 g/mol. The van der Waals surface area contributed by atoms with Crippen LogP contribution in [0.2, 0.25) is 0 Å². The summed E-state index contributed by atoms with van der Waals surface area (Å²) in [6, 6.07) is 9.79. The van der Waals surface area contributed by atoms with Gasteiger partial charge in [-0.15, -0.1) is 0 Å². The highest BCUT2D eigenvalue weighted by atomic mass is 16.5. The van der Waals surface area contributed by atoms with Gasteiger partial charge in [-0.2, -0.15) is 5.10 Å². The summed E-state index contributed by atoms with van der Waals surface area (Å²) in [4.78, 5) is 25.4. The topological polar surface area (TPSA) is 73.7 Å². The number of aryl methyl sites for hydroxylation is 1. The SMILES string of the molecule is COCCN(CC(=O)OC)C(=O)C=Cc1c(C)nn(-c2ccccc2)c1C. The quantitative estimate of drug-likeness (QED) is 0.525. The maximum absolute atomic E-state index is 12.5. The van der Waals surface area contributed by atoms with Gasteiger partial charge in [0.1, 0.15) is 6.54 Å². The number of esters is 1. The summed E-state index contributed by atoms with van der Waals surface area (Å²) in [6.45, 7) is 4.36. The molecule has 0 unspecified atom stereocenters. The number of amides is 1. The van der Waals surface area contributed by atoms with E-state index in [1.54, 1.807) is 13.2 Å². The van der Waals surface area contributed by atoms with Gasteiger partial charge in [0.15, 0.2) is 0 Å². The predicted molar refractivity (Wildman–Crippen MR) is 103 cm³/mol. The van der Waals surface area contributed by atoms with Crippen LogP contribution < -0.4 is 0 Å². The summed E-state index contributed by atoms with van der Waals surface area (Å²) in [6.07, 6.45) is 3.18. The largest absolute Gasteiger partial charge is 0.468 e. The van der Waals surface area contributed by atoms with E-state index in [9.17, 15) is 9.59 Å². The van der Waals surface area contributed by atoms with Crippen LogP contribution in [0.1, 0.15) is 17.0 Å². The highest BCUT2D eigenvalue weighted by Crippen LogP contribution is 2.19. The molecule has 0 spiro atoms. The molecule has 1 amide bonds. The summed E-state index contributed by atoms with van der Waals surface area (Å²) in [5.41, 5.74) is 3.57. The molecule has 7 nitrogen and oxygen atoms in total. The Kier molecular flexibility index (Phi) is 7.31. The summed E-state index contributed by atoms with van der Waals surface area (Å²) < 4.78 is 11.5. The molecular weight excluding hydrogens is 346 g/mol. The van der Waals surface area contributed by atoms with Crippen LogP contribution in [-0.4, -0.2) is 60.5 Å². The standard InChI is InChI=1S/C20H25N3O4/c1-15-18(16(2)23(21-15)17-8-6-5-7-9-17)10-11-19(24)22(12-13-26-3)14-20(25)27-4/h5-11H,12-14H2,1-4H3. The minimum Gasteiger partial charge on any atom is -0.468 e. The minimum absolute atomic E-state index is 0.121. The van der Waals surface area contributed by atoms with E-state index in [0.29, 0.717) is 13.2 Å². The highest BCUT2D eigenvalue weighted by Gasteiger charge is 2.16. The van der Waals surface area contributed by atoms with Crippen molar-refractivity contribution in [1.29, 1.82) is 0 Å². The molecule has 0 aliphatic rings. The van der Waals surface area contributed by atoms with Crippen LogP contribution in [-0.2, 0) is 19.1 Å².